The molecule has 0 saturated heterocycles. The maximum atomic E-state index is 12.2. The number of benzene rings is 1. The fourth-order valence-corrected chi connectivity index (χ4v) is 3.50. The molecule has 3 nitrogen and oxygen atoms in total. The third kappa shape index (κ3) is 3.48. The van der Waals surface area contributed by atoms with Crippen LogP contribution < -0.4 is 11.1 Å². The Labute approximate surface area is 123 Å². The van der Waals surface area contributed by atoms with Crippen molar-refractivity contribution in [2.24, 2.45) is 5.73 Å². The highest BCUT2D eigenvalue weighted by Crippen LogP contribution is 2.28. The summed E-state index contributed by atoms with van der Waals surface area (Å²) in [5.41, 5.74) is 6.94. The Morgan fingerprint density at radius 2 is 2.16 bits per heavy atom. The number of hydrogen-bond donors (Lipinski definition) is 2. The van der Waals surface area contributed by atoms with Gasteiger partial charge in [0.2, 0.25) is 0 Å². The number of rotatable bonds is 4. The molecule has 102 valence electrons. The quantitative estimate of drug-likeness (QED) is 0.837. The molecule has 1 saturated carbocycles. The van der Waals surface area contributed by atoms with E-state index in [0.717, 1.165) is 12.0 Å². The Hall–Kier alpha value is -1.07. The summed E-state index contributed by atoms with van der Waals surface area (Å²) in [7, 11) is 0. The molecule has 19 heavy (non-hydrogen) atoms. The van der Waals surface area contributed by atoms with Gasteiger partial charge in [-0.1, -0.05) is 30.8 Å². The van der Waals surface area contributed by atoms with Gasteiger partial charge >= 0.3 is 0 Å². The molecule has 0 aromatic heterocycles. The van der Waals surface area contributed by atoms with Crippen LogP contribution in [-0.4, -0.2) is 28.4 Å². The summed E-state index contributed by atoms with van der Waals surface area (Å²) in [6, 6.07) is 7.45. The third-order valence-corrected chi connectivity index (χ3v) is 4.89. The second kappa shape index (κ2) is 6.39. The molecule has 3 N–H and O–H groups in total. The topological polar surface area (TPSA) is 55.1 Å². The fraction of sp³-hybridized carbons (Fsp3) is 0.429. The maximum Gasteiger partial charge on any atom is 0.251 e. The SMILES string of the molecule is CSC1CCCC1NC(=O)c1cccc(C(N)=S)c1. The predicted octanol–water partition coefficient (Wildman–Crippen LogP) is 2.33. The lowest BCUT2D eigenvalue weighted by Gasteiger charge is -2.19. The molecule has 0 radical (unpaired) electrons. The van der Waals surface area contributed by atoms with Gasteiger partial charge in [0.05, 0.1) is 0 Å². The lowest BCUT2D eigenvalue weighted by atomic mass is 10.1. The van der Waals surface area contributed by atoms with Gasteiger partial charge in [0.25, 0.3) is 5.91 Å². The molecule has 0 bridgehead atoms. The average Bonchev–Trinajstić information content (AvgIpc) is 2.86. The van der Waals surface area contributed by atoms with Crippen LogP contribution in [0.3, 0.4) is 0 Å². The standard InChI is InChI=1S/C14H18N2OS2/c1-19-12-7-3-6-11(12)16-14(17)10-5-2-4-9(8-10)13(15)18/h2,4-5,8,11-12H,3,6-7H2,1H3,(H2,15,18)(H,16,17). The van der Waals surface area contributed by atoms with Crippen LogP contribution in [0.15, 0.2) is 24.3 Å². The summed E-state index contributed by atoms with van der Waals surface area (Å²) in [4.78, 5) is 12.5. The van der Waals surface area contributed by atoms with Crippen LogP contribution >= 0.6 is 24.0 Å². The number of hydrogen-bond acceptors (Lipinski definition) is 3. The van der Waals surface area contributed by atoms with Gasteiger partial charge in [0.15, 0.2) is 0 Å². The van der Waals surface area contributed by atoms with Crippen LogP contribution in [0.25, 0.3) is 0 Å². The molecule has 0 spiro atoms. The Morgan fingerprint density at radius 3 is 2.84 bits per heavy atom. The highest BCUT2D eigenvalue weighted by atomic mass is 32.2. The van der Waals surface area contributed by atoms with Crippen molar-refractivity contribution in [3.05, 3.63) is 35.4 Å². The van der Waals surface area contributed by atoms with Gasteiger partial charge in [-0.25, -0.2) is 0 Å². The van der Waals surface area contributed by atoms with Gasteiger partial charge in [-0.15, -0.1) is 0 Å². The van der Waals surface area contributed by atoms with E-state index in [1.807, 2.05) is 23.9 Å². The van der Waals surface area contributed by atoms with Crippen molar-refractivity contribution < 1.29 is 4.79 Å². The van der Waals surface area contributed by atoms with E-state index in [4.69, 9.17) is 18.0 Å². The molecular formula is C14H18N2OS2. The average molecular weight is 294 g/mol. The Balaban J connectivity index is 2.07. The molecule has 2 rings (SSSR count). The third-order valence-electron chi connectivity index (χ3n) is 3.48. The molecule has 1 amide bonds. The van der Waals surface area contributed by atoms with Gasteiger partial charge in [0, 0.05) is 22.4 Å². The molecule has 0 heterocycles. The minimum Gasteiger partial charge on any atom is -0.389 e. The molecular weight excluding hydrogens is 276 g/mol. The molecule has 0 aliphatic heterocycles. The largest absolute Gasteiger partial charge is 0.389 e. The van der Waals surface area contributed by atoms with Crippen LogP contribution in [0, 0.1) is 0 Å². The van der Waals surface area contributed by atoms with Crippen LogP contribution in [0.1, 0.15) is 35.2 Å². The van der Waals surface area contributed by atoms with E-state index in [1.54, 1.807) is 12.1 Å². The van der Waals surface area contributed by atoms with Gasteiger partial charge in [0.1, 0.15) is 4.99 Å². The number of carbonyl (C=O) groups is 1. The second-order valence-corrected chi connectivity index (χ2v) is 6.25. The maximum absolute atomic E-state index is 12.2. The van der Waals surface area contributed by atoms with E-state index in [0.29, 0.717) is 15.8 Å². The van der Waals surface area contributed by atoms with Crippen molar-refractivity contribution in [2.45, 2.75) is 30.6 Å². The Bertz CT molecular complexity index is 490. The summed E-state index contributed by atoms with van der Waals surface area (Å²) in [5.74, 6) is -0.0379. The van der Waals surface area contributed by atoms with Crippen LogP contribution in [0.4, 0.5) is 0 Å². The van der Waals surface area contributed by atoms with Crippen LogP contribution in [0.5, 0.6) is 0 Å². The lowest BCUT2D eigenvalue weighted by Crippen LogP contribution is -2.38. The number of amides is 1. The first-order valence-electron chi connectivity index (χ1n) is 6.35. The summed E-state index contributed by atoms with van der Waals surface area (Å²) >= 11 is 6.76. The second-order valence-electron chi connectivity index (χ2n) is 4.73. The molecule has 1 aliphatic rings. The minimum absolute atomic E-state index is 0.0379. The molecule has 2 atom stereocenters. The zero-order chi connectivity index (χ0) is 13.8. The zero-order valence-electron chi connectivity index (χ0n) is 10.9. The summed E-state index contributed by atoms with van der Waals surface area (Å²) in [6.45, 7) is 0. The van der Waals surface area contributed by atoms with Gasteiger partial charge < -0.3 is 11.1 Å². The van der Waals surface area contributed by atoms with Crippen molar-refractivity contribution >= 4 is 34.9 Å². The van der Waals surface area contributed by atoms with E-state index in [1.165, 1.54) is 12.8 Å². The van der Waals surface area contributed by atoms with Gasteiger partial charge in [-0.3, -0.25) is 4.79 Å². The summed E-state index contributed by atoms with van der Waals surface area (Å²) in [6.07, 6.45) is 5.53. The van der Waals surface area contributed by atoms with Gasteiger partial charge in [-0.2, -0.15) is 11.8 Å². The van der Waals surface area contributed by atoms with Crippen molar-refractivity contribution in [1.29, 1.82) is 0 Å². The number of carbonyl (C=O) groups excluding carboxylic acids is 1. The van der Waals surface area contributed by atoms with E-state index in [-0.39, 0.29) is 11.9 Å². The smallest absolute Gasteiger partial charge is 0.251 e. The molecule has 1 aromatic carbocycles. The number of thioether (sulfide) groups is 1. The first-order valence-corrected chi connectivity index (χ1v) is 8.05. The molecule has 1 aliphatic carbocycles. The van der Waals surface area contributed by atoms with Crippen molar-refractivity contribution in [3.8, 4) is 0 Å². The first kappa shape index (κ1) is 14.3. The lowest BCUT2D eigenvalue weighted by molar-refractivity contribution is 0.0938. The van der Waals surface area contributed by atoms with Gasteiger partial charge in [-0.05, 0) is 31.2 Å². The highest BCUT2D eigenvalue weighted by molar-refractivity contribution is 7.99. The molecule has 5 heteroatoms. The summed E-state index contributed by atoms with van der Waals surface area (Å²) in [5, 5.41) is 3.65. The molecule has 1 aromatic rings. The fourth-order valence-electron chi connectivity index (χ4n) is 2.44. The minimum atomic E-state index is -0.0379. The van der Waals surface area contributed by atoms with Crippen molar-refractivity contribution in [3.63, 3.8) is 0 Å². The first-order chi connectivity index (χ1) is 9.11. The Kier molecular flexibility index (Phi) is 4.82. The number of nitrogens with one attached hydrogen (secondary N) is 1. The van der Waals surface area contributed by atoms with Crippen molar-refractivity contribution in [1.82, 2.24) is 5.32 Å². The number of thiocarbonyl (C=S) groups is 1. The Morgan fingerprint density at radius 1 is 1.42 bits per heavy atom. The monoisotopic (exact) mass is 294 g/mol. The van der Waals surface area contributed by atoms with Crippen LogP contribution in [0.2, 0.25) is 0 Å². The van der Waals surface area contributed by atoms with Crippen LogP contribution in [-0.2, 0) is 0 Å². The zero-order valence-corrected chi connectivity index (χ0v) is 12.5. The van der Waals surface area contributed by atoms with E-state index in [2.05, 4.69) is 11.6 Å². The summed E-state index contributed by atoms with van der Waals surface area (Å²) < 4.78 is 0. The van der Waals surface area contributed by atoms with E-state index in [9.17, 15) is 4.79 Å². The normalized spacial score (nSPS) is 22.2. The predicted molar refractivity (Wildman–Crippen MR) is 84.7 cm³/mol. The van der Waals surface area contributed by atoms with E-state index < -0.39 is 0 Å². The van der Waals surface area contributed by atoms with Crippen molar-refractivity contribution in [2.75, 3.05) is 6.26 Å². The van der Waals surface area contributed by atoms with E-state index >= 15 is 0 Å². The molecule has 1 fully saturated rings. The highest BCUT2D eigenvalue weighted by Gasteiger charge is 2.27. The number of nitrogens with two attached hydrogens (primary N) is 1. The molecule has 2 unspecified atom stereocenters.